The number of likely N-dealkylation sites (tertiary alicyclic amines) is 1. The average molecular weight is 365 g/mol. The van der Waals surface area contributed by atoms with Gasteiger partial charge in [-0.25, -0.2) is 0 Å². The van der Waals surface area contributed by atoms with Crippen molar-refractivity contribution in [3.63, 3.8) is 0 Å². The Hall–Kier alpha value is -2.53. The van der Waals surface area contributed by atoms with E-state index in [2.05, 4.69) is 41.3 Å². The van der Waals surface area contributed by atoms with Gasteiger partial charge in [0.2, 0.25) is 0 Å². The normalized spacial score (nSPS) is 16.3. The number of nitrogens with one attached hydrogen (secondary N) is 2. The summed E-state index contributed by atoms with van der Waals surface area (Å²) in [5.74, 6) is 1.38. The van der Waals surface area contributed by atoms with E-state index in [1.165, 1.54) is 36.6 Å². The van der Waals surface area contributed by atoms with Crippen LogP contribution in [0.2, 0.25) is 0 Å². The van der Waals surface area contributed by atoms with Gasteiger partial charge in [-0.15, -0.1) is 0 Å². The standard InChI is InChI=1S/C22H27N3O2/c1-15(2)14-25-9-7-16(8-10-25)19-13-23-20-6-5-17(12-18(19)20)24-22(26)21-4-3-11-27-21/h3-6,11-13,15-16,23H,7-10,14H2,1-2H3,(H,24,26). The number of fused-ring (bicyclic) bond motifs is 1. The monoisotopic (exact) mass is 365 g/mol. The number of piperidine rings is 1. The largest absolute Gasteiger partial charge is 0.459 e. The summed E-state index contributed by atoms with van der Waals surface area (Å²) in [5, 5.41) is 4.13. The molecule has 1 amide bonds. The molecule has 27 heavy (non-hydrogen) atoms. The van der Waals surface area contributed by atoms with Gasteiger partial charge in [-0.05, 0) is 73.7 Å². The predicted molar refractivity (Wildman–Crippen MR) is 108 cm³/mol. The topological polar surface area (TPSA) is 61.3 Å². The Bertz CT molecular complexity index is 903. The van der Waals surface area contributed by atoms with E-state index >= 15 is 0 Å². The van der Waals surface area contributed by atoms with Gasteiger partial charge in [-0.2, -0.15) is 0 Å². The van der Waals surface area contributed by atoms with Crippen molar-refractivity contribution in [1.82, 2.24) is 9.88 Å². The van der Waals surface area contributed by atoms with Crippen molar-refractivity contribution in [2.24, 2.45) is 5.92 Å². The van der Waals surface area contributed by atoms with E-state index in [0.29, 0.717) is 11.7 Å². The highest BCUT2D eigenvalue weighted by Crippen LogP contribution is 2.34. The quantitative estimate of drug-likeness (QED) is 0.679. The summed E-state index contributed by atoms with van der Waals surface area (Å²) in [6, 6.07) is 9.41. The molecule has 0 bridgehead atoms. The van der Waals surface area contributed by atoms with Crippen molar-refractivity contribution in [1.29, 1.82) is 0 Å². The molecule has 1 fully saturated rings. The third kappa shape index (κ3) is 3.93. The van der Waals surface area contributed by atoms with Crippen molar-refractivity contribution in [3.05, 3.63) is 54.1 Å². The zero-order chi connectivity index (χ0) is 18.8. The number of anilines is 1. The molecule has 0 radical (unpaired) electrons. The van der Waals surface area contributed by atoms with Crippen LogP contribution in [0.1, 0.15) is 48.7 Å². The third-order valence-electron chi connectivity index (χ3n) is 5.37. The first-order valence-corrected chi connectivity index (χ1v) is 9.78. The summed E-state index contributed by atoms with van der Waals surface area (Å²) in [6.45, 7) is 8.06. The Labute approximate surface area is 159 Å². The molecule has 0 saturated carbocycles. The van der Waals surface area contributed by atoms with E-state index in [0.717, 1.165) is 30.2 Å². The Morgan fingerprint density at radius 3 is 2.81 bits per heavy atom. The number of carbonyl (C=O) groups excluding carboxylic acids is 1. The van der Waals surface area contributed by atoms with Crippen molar-refractivity contribution in [2.45, 2.75) is 32.6 Å². The van der Waals surface area contributed by atoms with E-state index in [1.807, 2.05) is 12.1 Å². The number of H-pyrrole nitrogens is 1. The molecule has 2 aromatic heterocycles. The second kappa shape index (κ2) is 7.61. The summed E-state index contributed by atoms with van der Waals surface area (Å²) in [5.41, 5.74) is 3.27. The first kappa shape index (κ1) is 17.9. The maximum atomic E-state index is 12.2. The number of rotatable bonds is 5. The van der Waals surface area contributed by atoms with Gasteiger partial charge in [0.1, 0.15) is 0 Å². The fraction of sp³-hybridized carbons (Fsp3) is 0.409. The van der Waals surface area contributed by atoms with Crippen molar-refractivity contribution in [3.8, 4) is 0 Å². The number of furan rings is 1. The number of aromatic nitrogens is 1. The Balaban J connectivity index is 1.50. The van der Waals surface area contributed by atoms with Gasteiger partial charge in [-0.1, -0.05) is 13.8 Å². The second-order valence-electron chi connectivity index (χ2n) is 7.90. The SMILES string of the molecule is CC(C)CN1CCC(c2c[nH]c3ccc(NC(=O)c4ccco4)cc23)CC1. The van der Waals surface area contributed by atoms with Crippen LogP contribution in [0, 0.1) is 5.92 Å². The summed E-state index contributed by atoms with van der Waals surface area (Å²) in [6.07, 6.45) is 6.02. The molecule has 5 heteroatoms. The van der Waals surface area contributed by atoms with Crippen LogP contribution in [-0.4, -0.2) is 35.4 Å². The number of hydrogen-bond acceptors (Lipinski definition) is 3. The lowest BCUT2D eigenvalue weighted by atomic mass is 9.89. The van der Waals surface area contributed by atoms with Crippen LogP contribution in [0.5, 0.6) is 0 Å². The highest BCUT2D eigenvalue weighted by atomic mass is 16.3. The predicted octanol–water partition coefficient (Wildman–Crippen LogP) is 4.85. The molecule has 1 aliphatic rings. The Morgan fingerprint density at radius 1 is 1.30 bits per heavy atom. The fourth-order valence-electron chi connectivity index (χ4n) is 4.10. The number of benzene rings is 1. The molecule has 3 heterocycles. The van der Waals surface area contributed by atoms with Gasteiger partial charge in [-0.3, -0.25) is 4.79 Å². The van der Waals surface area contributed by atoms with Crippen LogP contribution in [0.25, 0.3) is 10.9 Å². The summed E-state index contributed by atoms with van der Waals surface area (Å²) >= 11 is 0. The lowest BCUT2D eigenvalue weighted by molar-refractivity contribution is 0.0996. The summed E-state index contributed by atoms with van der Waals surface area (Å²) in [4.78, 5) is 18.2. The molecule has 0 atom stereocenters. The van der Waals surface area contributed by atoms with Crippen LogP contribution >= 0.6 is 0 Å². The van der Waals surface area contributed by atoms with Crippen molar-refractivity contribution >= 4 is 22.5 Å². The second-order valence-corrected chi connectivity index (χ2v) is 7.90. The minimum Gasteiger partial charge on any atom is -0.459 e. The van der Waals surface area contributed by atoms with Gasteiger partial charge < -0.3 is 19.6 Å². The molecular formula is C22H27N3O2. The minimum atomic E-state index is -0.224. The van der Waals surface area contributed by atoms with E-state index in [9.17, 15) is 4.79 Å². The fourth-order valence-corrected chi connectivity index (χ4v) is 4.10. The number of aromatic amines is 1. The van der Waals surface area contributed by atoms with Crippen LogP contribution < -0.4 is 5.32 Å². The Kier molecular flexibility index (Phi) is 5.03. The Morgan fingerprint density at radius 2 is 2.11 bits per heavy atom. The molecule has 5 nitrogen and oxygen atoms in total. The van der Waals surface area contributed by atoms with Gasteiger partial charge >= 0.3 is 0 Å². The smallest absolute Gasteiger partial charge is 0.291 e. The van der Waals surface area contributed by atoms with E-state index in [-0.39, 0.29) is 5.91 Å². The molecule has 3 aromatic rings. The van der Waals surface area contributed by atoms with Crippen molar-refractivity contribution in [2.75, 3.05) is 25.0 Å². The lowest BCUT2D eigenvalue weighted by Crippen LogP contribution is -2.35. The molecule has 0 aliphatic carbocycles. The van der Waals surface area contributed by atoms with Crippen LogP contribution in [-0.2, 0) is 0 Å². The van der Waals surface area contributed by atoms with Crippen LogP contribution in [0.15, 0.2) is 47.2 Å². The van der Waals surface area contributed by atoms with Gasteiger partial charge in [0.25, 0.3) is 5.91 Å². The molecule has 0 spiro atoms. The van der Waals surface area contributed by atoms with Gasteiger partial charge in [0, 0.05) is 29.3 Å². The number of carbonyl (C=O) groups is 1. The maximum Gasteiger partial charge on any atom is 0.291 e. The van der Waals surface area contributed by atoms with Crippen LogP contribution in [0.3, 0.4) is 0 Å². The zero-order valence-electron chi connectivity index (χ0n) is 16.0. The molecule has 0 unspecified atom stereocenters. The molecule has 1 aromatic carbocycles. The maximum absolute atomic E-state index is 12.2. The lowest BCUT2D eigenvalue weighted by Gasteiger charge is -2.33. The molecule has 4 rings (SSSR count). The third-order valence-corrected chi connectivity index (χ3v) is 5.37. The highest BCUT2D eigenvalue weighted by molar-refractivity contribution is 6.03. The summed E-state index contributed by atoms with van der Waals surface area (Å²) < 4.78 is 5.17. The van der Waals surface area contributed by atoms with Gasteiger partial charge in [0.15, 0.2) is 5.76 Å². The first-order chi connectivity index (χ1) is 13.1. The van der Waals surface area contributed by atoms with Gasteiger partial charge in [0.05, 0.1) is 6.26 Å². The summed E-state index contributed by atoms with van der Waals surface area (Å²) in [7, 11) is 0. The molecular weight excluding hydrogens is 338 g/mol. The first-order valence-electron chi connectivity index (χ1n) is 9.78. The van der Waals surface area contributed by atoms with E-state index in [1.54, 1.807) is 12.1 Å². The number of amides is 1. The molecule has 142 valence electrons. The zero-order valence-corrected chi connectivity index (χ0v) is 16.0. The number of hydrogen-bond donors (Lipinski definition) is 2. The van der Waals surface area contributed by atoms with Crippen molar-refractivity contribution < 1.29 is 9.21 Å². The molecule has 2 N–H and O–H groups in total. The molecule has 1 saturated heterocycles. The van der Waals surface area contributed by atoms with E-state index in [4.69, 9.17) is 4.42 Å². The highest BCUT2D eigenvalue weighted by Gasteiger charge is 2.23. The number of nitrogens with zero attached hydrogens (tertiary/aromatic N) is 1. The minimum absolute atomic E-state index is 0.224. The van der Waals surface area contributed by atoms with E-state index < -0.39 is 0 Å². The van der Waals surface area contributed by atoms with Crippen LogP contribution in [0.4, 0.5) is 5.69 Å². The molecule has 1 aliphatic heterocycles. The average Bonchev–Trinajstić information content (AvgIpc) is 3.32.